The molecule has 0 bridgehead atoms. The summed E-state index contributed by atoms with van der Waals surface area (Å²) in [5.74, 6) is -0.553. The van der Waals surface area contributed by atoms with Crippen molar-refractivity contribution in [3.63, 3.8) is 0 Å². The Balaban J connectivity index is 1.61. The number of carbonyl (C=O) groups excluding carboxylic acids is 1. The van der Waals surface area contributed by atoms with E-state index >= 15 is 0 Å². The maximum atomic E-state index is 12.5. The van der Waals surface area contributed by atoms with Crippen LogP contribution in [0.1, 0.15) is 10.4 Å². The molecule has 2 aromatic heterocycles. The molecule has 0 atom stereocenters. The second-order valence-corrected chi connectivity index (χ2v) is 8.32. The van der Waals surface area contributed by atoms with E-state index in [9.17, 15) is 9.59 Å². The van der Waals surface area contributed by atoms with Crippen LogP contribution in [0.25, 0.3) is 22.2 Å². The number of nitrogens with one attached hydrogen (secondary N) is 1. The van der Waals surface area contributed by atoms with Gasteiger partial charge < -0.3 is 4.42 Å². The number of thiazole rings is 1. The normalized spacial score (nSPS) is 10.9. The highest BCUT2D eigenvalue weighted by atomic mass is 79.9. The Morgan fingerprint density at radius 3 is 2.56 bits per heavy atom. The van der Waals surface area contributed by atoms with Crippen LogP contribution in [0.4, 0.5) is 5.13 Å². The number of nitrogens with zero attached hydrogens (tertiary/aromatic N) is 1. The van der Waals surface area contributed by atoms with Crippen molar-refractivity contribution in [2.24, 2.45) is 0 Å². The summed E-state index contributed by atoms with van der Waals surface area (Å²) >= 11 is 8.05. The molecule has 1 amide bonds. The van der Waals surface area contributed by atoms with Gasteiger partial charge in [0.25, 0.3) is 5.91 Å². The van der Waals surface area contributed by atoms with Crippen molar-refractivity contribution < 1.29 is 9.21 Å². The van der Waals surface area contributed by atoms with Gasteiger partial charge in [-0.2, -0.15) is 0 Å². The molecule has 0 saturated heterocycles. The summed E-state index contributed by atoms with van der Waals surface area (Å²) in [7, 11) is 0. The first-order valence-corrected chi connectivity index (χ1v) is 10.2. The summed E-state index contributed by atoms with van der Waals surface area (Å²) in [4.78, 5) is 29.1. The molecule has 2 aromatic carbocycles. The van der Waals surface area contributed by atoms with Crippen molar-refractivity contribution in [3.8, 4) is 11.3 Å². The number of benzene rings is 2. The zero-order valence-corrected chi connectivity index (χ0v) is 17.5. The first-order chi connectivity index (χ1) is 13.0. The van der Waals surface area contributed by atoms with E-state index in [1.165, 1.54) is 17.4 Å². The molecule has 0 unspecified atom stereocenters. The number of carbonyl (C=O) groups is 1. The number of hydrogen-bond acceptors (Lipinski definition) is 5. The molecular weight excluding hydrogens is 496 g/mol. The summed E-state index contributed by atoms with van der Waals surface area (Å²) in [5.41, 5.74) is 1.35. The number of anilines is 1. The van der Waals surface area contributed by atoms with E-state index in [1.54, 1.807) is 18.2 Å². The van der Waals surface area contributed by atoms with E-state index in [-0.39, 0.29) is 5.56 Å². The lowest BCUT2D eigenvalue weighted by atomic mass is 10.2. The summed E-state index contributed by atoms with van der Waals surface area (Å²) in [5, 5.41) is 5.58. The van der Waals surface area contributed by atoms with Crippen molar-refractivity contribution in [2.45, 2.75) is 0 Å². The zero-order valence-electron chi connectivity index (χ0n) is 13.5. The second-order valence-electron chi connectivity index (χ2n) is 5.63. The van der Waals surface area contributed by atoms with Crippen molar-refractivity contribution >= 4 is 65.2 Å². The highest BCUT2D eigenvalue weighted by Crippen LogP contribution is 2.26. The first kappa shape index (κ1) is 18.1. The van der Waals surface area contributed by atoms with Gasteiger partial charge >= 0.3 is 5.63 Å². The number of hydrogen-bond donors (Lipinski definition) is 1. The minimum Gasteiger partial charge on any atom is -0.422 e. The number of aromatic nitrogens is 1. The Kier molecular flexibility index (Phi) is 4.94. The van der Waals surface area contributed by atoms with Gasteiger partial charge in [-0.3, -0.25) is 10.1 Å². The molecule has 0 spiro atoms. The molecule has 4 rings (SSSR count). The fourth-order valence-corrected chi connectivity index (χ4v) is 3.86. The van der Waals surface area contributed by atoms with Gasteiger partial charge in [0.1, 0.15) is 11.1 Å². The maximum absolute atomic E-state index is 12.5. The molecule has 0 fully saturated rings. The third-order valence-electron chi connectivity index (χ3n) is 3.80. The molecular formula is C19H10Br2N2O3S. The van der Waals surface area contributed by atoms with Crippen LogP contribution in [0.5, 0.6) is 0 Å². The average Bonchev–Trinajstić information content (AvgIpc) is 3.10. The molecule has 4 aromatic rings. The molecule has 1 N–H and O–H groups in total. The molecule has 27 heavy (non-hydrogen) atoms. The van der Waals surface area contributed by atoms with E-state index in [0.29, 0.717) is 16.1 Å². The van der Waals surface area contributed by atoms with Crippen LogP contribution in [-0.4, -0.2) is 10.9 Å². The molecule has 5 nitrogen and oxygen atoms in total. The van der Waals surface area contributed by atoms with Gasteiger partial charge in [-0.05, 0) is 36.4 Å². The lowest BCUT2D eigenvalue weighted by molar-refractivity contribution is 0.102. The van der Waals surface area contributed by atoms with Gasteiger partial charge in [0.2, 0.25) is 0 Å². The maximum Gasteiger partial charge on any atom is 0.349 e. The lowest BCUT2D eigenvalue weighted by Gasteiger charge is -2.03. The van der Waals surface area contributed by atoms with Crippen LogP contribution in [-0.2, 0) is 0 Å². The number of fused-ring (bicyclic) bond motifs is 1. The van der Waals surface area contributed by atoms with Crippen molar-refractivity contribution in [3.05, 3.63) is 78.8 Å². The highest BCUT2D eigenvalue weighted by molar-refractivity contribution is 9.10. The van der Waals surface area contributed by atoms with E-state index in [1.807, 2.05) is 29.6 Å². The number of rotatable bonds is 3. The Labute approximate surface area is 174 Å². The fourth-order valence-electron chi connectivity index (χ4n) is 2.50. The minimum atomic E-state index is -0.688. The minimum absolute atomic E-state index is 0.0685. The zero-order chi connectivity index (χ0) is 19.0. The van der Waals surface area contributed by atoms with Crippen LogP contribution < -0.4 is 10.9 Å². The van der Waals surface area contributed by atoms with Crippen LogP contribution in [0.15, 0.2) is 72.1 Å². The predicted molar refractivity (Wildman–Crippen MR) is 113 cm³/mol. The predicted octanol–water partition coefficient (Wildman–Crippen LogP) is 5.69. The second kappa shape index (κ2) is 7.38. The molecule has 134 valence electrons. The van der Waals surface area contributed by atoms with Crippen LogP contribution in [0.2, 0.25) is 0 Å². The fraction of sp³-hybridized carbons (Fsp3) is 0. The molecule has 0 radical (unpaired) electrons. The van der Waals surface area contributed by atoms with E-state index in [4.69, 9.17) is 4.42 Å². The van der Waals surface area contributed by atoms with Gasteiger partial charge in [-0.15, -0.1) is 11.3 Å². The molecule has 2 heterocycles. The molecule has 0 aliphatic carbocycles. The number of halogens is 2. The van der Waals surface area contributed by atoms with Crippen molar-refractivity contribution in [2.75, 3.05) is 5.32 Å². The van der Waals surface area contributed by atoms with Gasteiger partial charge in [0.15, 0.2) is 5.13 Å². The monoisotopic (exact) mass is 504 g/mol. The summed E-state index contributed by atoms with van der Waals surface area (Å²) in [6, 6.07) is 14.4. The Bertz CT molecular complexity index is 1220. The largest absolute Gasteiger partial charge is 0.422 e. The molecule has 0 aliphatic heterocycles. The number of amides is 1. The third kappa shape index (κ3) is 3.87. The standard InChI is InChI=1S/C19H10Br2N2O3S/c20-12-3-1-10(2-4-12)15-9-27-19(22-15)23-17(24)14-8-11-7-13(21)5-6-16(11)26-18(14)25/h1-9H,(H,22,23,24). The smallest absolute Gasteiger partial charge is 0.349 e. The quantitative estimate of drug-likeness (QED) is 0.363. The molecule has 0 saturated carbocycles. The van der Waals surface area contributed by atoms with E-state index in [2.05, 4.69) is 42.2 Å². The summed E-state index contributed by atoms with van der Waals surface area (Å²) < 4.78 is 7.04. The topological polar surface area (TPSA) is 72.2 Å². The lowest BCUT2D eigenvalue weighted by Crippen LogP contribution is -2.20. The van der Waals surface area contributed by atoms with E-state index < -0.39 is 11.5 Å². The van der Waals surface area contributed by atoms with E-state index in [0.717, 1.165) is 20.2 Å². The Morgan fingerprint density at radius 2 is 1.78 bits per heavy atom. The summed E-state index contributed by atoms with van der Waals surface area (Å²) in [6.45, 7) is 0. The van der Waals surface area contributed by atoms with Gasteiger partial charge in [-0.25, -0.2) is 9.78 Å². The molecule has 0 aliphatic rings. The Hall–Kier alpha value is -2.29. The average molecular weight is 506 g/mol. The SMILES string of the molecule is O=C(Nc1nc(-c2ccc(Br)cc2)cs1)c1cc2cc(Br)ccc2oc1=O. The third-order valence-corrected chi connectivity index (χ3v) is 5.58. The first-order valence-electron chi connectivity index (χ1n) is 7.76. The van der Waals surface area contributed by atoms with Gasteiger partial charge in [0.05, 0.1) is 5.69 Å². The van der Waals surface area contributed by atoms with Crippen molar-refractivity contribution in [1.82, 2.24) is 4.98 Å². The Morgan fingerprint density at radius 1 is 1.04 bits per heavy atom. The molecule has 8 heteroatoms. The van der Waals surface area contributed by atoms with Gasteiger partial charge in [0, 0.05) is 25.3 Å². The van der Waals surface area contributed by atoms with Crippen molar-refractivity contribution in [1.29, 1.82) is 0 Å². The van der Waals surface area contributed by atoms with Crippen LogP contribution in [0, 0.1) is 0 Å². The van der Waals surface area contributed by atoms with Crippen LogP contribution >= 0.6 is 43.2 Å². The highest BCUT2D eigenvalue weighted by Gasteiger charge is 2.16. The van der Waals surface area contributed by atoms with Crippen LogP contribution in [0.3, 0.4) is 0 Å². The van der Waals surface area contributed by atoms with Gasteiger partial charge in [-0.1, -0.05) is 44.0 Å². The summed E-state index contributed by atoms with van der Waals surface area (Å²) in [6.07, 6.45) is 0.